The second kappa shape index (κ2) is 6.64. The monoisotopic (exact) mass is 351 g/mol. The lowest BCUT2D eigenvalue weighted by Crippen LogP contribution is -2.27. The number of carbonyl (C=O) groups is 1. The zero-order chi connectivity index (χ0) is 15.5. The zero-order valence-electron chi connectivity index (χ0n) is 11.7. The van der Waals surface area contributed by atoms with E-state index in [0.717, 1.165) is 5.56 Å². The Bertz CT molecular complexity index is 839. The van der Waals surface area contributed by atoms with Crippen LogP contribution in [0.4, 0.5) is 0 Å². The molecule has 22 heavy (non-hydrogen) atoms. The third-order valence-corrected chi connectivity index (χ3v) is 5.47. The van der Waals surface area contributed by atoms with Crippen LogP contribution in [0, 0.1) is 0 Å². The van der Waals surface area contributed by atoms with Gasteiger partial charge in [-0.25, -0.2) is 4.98 Å². The molecule has 0 spiro atoms. The summed E-state index contributed by atoms with van der Waals surface area (Å²) in [4.78, 5) is 33.4. The number of aromatic amines is 1. The third-order valence-electron chi connectivity index (χ3n) is 3.07. The van der Waals surface area contributed by atoms with Gasteiger partial charge in [0.2, 0.25) is 5.91 Å². The van der Waals surface area contributed by atoms with Gasteiger partial charge in [0.05, 0.1) is 11.1 Å². The van der Waals surface area contributed by atoms with Crippen molar-refractivity contribution in [1.29, 1.82) is 0 Å². The highest BCUT2D eigenvalue weighted by Crippen LogP contribution is 2.19. The number of nitrogens with zero attached hydrogens (tertiary/aromatic N) is 2. The lowest BCUT2D eigenvalue weighted by atomic mass is 10.3. The minimum Gasteiger partial charge on any atom is -0.341 e. The molecule has 0 saturated heterocycles. The molecule has 0 aromatic carbocycles. The maximum Gasteiger partial charge on any atom is 0.260 e. The second-order valence-corrected chi connectivity index (χ2v) is 7.32. The van der Waals surface area contributed by atoms with Gasteiger partial charge in [0.25, 0.3) is 5.56 Å². The first kappa shape index (κ1) is 15.3. The van der Waals surface area contributed by atoms with Gasteiger partial charge in [-0.05, 0) is 33.8 Å². The number of H-pyrrole nitrogens is 1. The zero-order valence-corrected chi connectivity index (χ0v) is 14.2. The fourth-order valence-electron chi connectivity index (χ4n) is 1.90. The average molecular weight is 351 g/mol. The van der Waals surface area contributed by atoms with E-state index >= 15 is 0 Å². The van der Waals surface area contributed by atoms with Gasteiger partial charge in [-0.15, -0.1) is 11.3 Å². The highest BCUT2D eigenvalue weighted by atomic mass is 32.2. The molecule has 0 aliphatic heterocycles. The first-order valence-corrected chi connectivity index (χ1v) is 9.29. The van der Waals surface area contributed by atoms with E-state index in [2.05, 4.69) is 9.97 Å². The third kappa shape index (κ3) is 3.40. The van der Waals surface area contributed by atoms with Crippen molar-refractivity contribution in [3.63, 3.8) is 0 Å². The topological polar surface area (TPSA) is 66.1 Å². The van der Waals surface area contributed by atoms with E-state index in [9.17, 15) is 9.59 Å². The standard InChI is InChI=1S/C14H13N3O2S3/c1-17(6-9-2-4-20-7-9)11(18)8-22-14-15-12(19)10-3-5-21-13(10)16-14/h2-5,7H,6,8H2,1H3,(H,15,16,19). The molecule has 1 amide bonds. The molecule has 3 heterocycles. The number of carbonyl (C=O) groups excluding carboxylic acids is 1. The summed E-state index contributed by atoms with van der Waals surface area (Å²) in [6.07, 6.45) is 0. The average Bonchev–Trinajstić information content (AvgIpc) is 3.15. The van der Waals surface area contributed by atoms with E-state index in [-0.39, 0.29) is 17.2 Å². The van der Waals surface area contributed by atoms with Crippen LogP contribution >= 0.6 is 34.4 Å². The Morgan fingerprint density at radius 3 is 3.05 bits per heavy atom. The summed E-state index contributed by atoms with van der Waals surface area (Å²) in [5, 5.41) is 6.93. The Balaban J connectivity index is 1.63. The Kier molecular flexibility index (Phi) is 4.60. The number of amides is 1. The quantitative estimate of drug-likeness (QED) is 0.567. The minimum absolute atomic E-state index is 0.00475. The van der Waals surface area contributed by atoms with Gasteiger partial charge in [-0.2, -0.15) is 11.3 Å². The van der Waals surface area contributed by atoms with Crippen molar-refractivity contribution in [3.05, 3.63) is 44.2 Å². The van der Waals surface area contributed by atoms with Crippen LogP contribution in [0.3, 0.4) is 0 Å². The summed E-state index contributed by atoms with van der Waals surface area (Å²) >= 11 is 4.29. The number of hydrogen-bond donors (Lipinski definition) is 1. The van der Waals surface area contributed by atoms with Gasteiger partial charge in [0, 0.05) is 13.6 Å². The fraction of sp³-hybridized carbons (Fsp3) is 0.214. The number of rotatable bonds is 5. The van der Waals surface area contributed by atoms with Crippen LogP contribution in [-0.4, -0.2) is 33.6 Å². The fourth-order valence-corrected chi connectivity index (χ4v) is 4.18. The first-order valence-electron chi connectivity index (χ1n) is 6.49. The number of hydrogen-bond acceptors (Lipinski definition) is 6. The molecule has 1 N–H and O–H groups in total. The molecule has 0 aliphatic rings. The molecule has 0 atom stereocenters. The molecule has 0 fully saturated rings. The van der Waals surface area contributed by atoms with Crippen LogP contribution in [-0.2, 0) is 11.3 Å². The molecule has 3 rings (SSSR count). The molecule has 0 bridgehead atoms. The van der Waals surface area contributed by atoms with Crippen molar-refractivity contribution in [3.8, 4) is 0 Å². The Labute approximate surface area is 139 Å². The van der Waals surface area contributed by atoms with Crippen molar-refractivity contribution in [2.45, 2.75) is 11.7 Å². The van der Waals surface area contributed by atoms with Gasteiger partial charge in [-0.1, -0.05) is 11.8 Å². The largest absolute Gasteiger partial charge is 0.341 e. The van der Waals surface area contributed by atoms with Crippen LogP contribution < -0.4 is 5.56 Å². The number of aromatic nitrogens is 2. The number of thioether (sulfide) groups is 1. The molecular formula is C14H13N3O2S3. The summed E-state index contributed by atoms with van der Waals surface area (Å²) in [6.45, 7) is 0.594. The predicted octanol–water partition coefficient (Wildman–Crippen LogP) is 2.80. The van der Waals surface area contributed by atoms with E-state index in [4.69, 9.17) is 0 Å². The van der Waals surface area contributed by atoms with E-state index in [1.54, 1.807) is 29.4 Å². The van der Waals surface area contributed by atoms with Crippen molar-refractivity contribution >= 4 is 50.6 Å². The molecule has 114 valence electrons. The minimum atomic E-state index is -0.159. The maximum atomic E-state index is 12.1. The molecule has 5 nitrogen and oxygen atoms in total. The molecule has 3 aromatic heterocycles. The Hall–Kier alpha value is -1.64. The Morgan fingerprint density at radius 1 is 1.41 bits per heavy atom. The molecule has 3 aromatic rings. The predicted molar refractivity (Wildman–Crippen MR) is 91.8 cm³/mol. The first-order chi connectivity index (χ1) is 10.6. The van der Waals surface area contributed by atoms with Crippen LogP contribution in [0.5, 0.6) is 0 Å². The molecule has 0 aliphatic carbocycles. The van der Waals surface area contributed by atoms with Crippen LogP contribution in [0.1, 0.15) is 5.56 Å². The van der Waals surface area contributed by atoms with E-state index in [1.807, 2.05) is 22.2 Å². The van der Waals surface area contributed by atoms with Gasteiger partial charge < -0.3 is 9.88 Å². The lowest BCUT2D eigenvalue weighted by molar-refractivity contribution is -0.127. The van der Waals surface area contributed by atoms with Crippen molar-refractivity contribution in [1.82, 2.24) is 14.9 Å². The molecular weight excluding hydrogens is 338 g/mol. The Morgan fingerprint density at radius 2 is 2.27 bits per heavy atom. The second-order valence-electron chi connectivity index (χ2n) is 4.68. The molecule has 0 saturated carbocycles. The number of thiophene rings is 2. The van der Waals surface area contributed by atoms with Crippen molar-refractivity contribution < 1.29 is 4.79 Å². The number of fused-ring (bicyclic) bond motifs is 1. The SMILES string of the molecule is CN(Cc1ccsc1)C(=O)CSc1nc2sccc2c(=O)[nH]1. The highest BCUT2D eigenvalue weighted by Gasteiger charge is 2.12. The van der Waals surface area contributed by atoms with Gasteiger partial charge in [0.15, 0.2) is 5.16 Å². The number of nitrogens with one attached hydrogen (secondary N) is 1. The van der Waals surface area contributed by atoms with Crippen LogP contribution in [0.25, 0.3) is 10.2 Å². The summed E-state index contributed by atoms with van der Waals surface area (Å²) in [5.74, 6) is 0.255. The van der Waals surface area contributed by atoms with E-state index in [0.29, 0.717) is 21.9 Å². The summed E-state index contributed by atoms with van der Waals surface area (Å²) < 4.78 is 0. The lowest BCUT2D eigenvalue weighted by Gasteiger charge is -2.15. The van der Waals surface area contributed by atoms with Crippen LogP contribution in [0.2, 0.25) is 0 Å². The maximum absolute atomic E-state index is 12.1. The van der Waals surface area contributed by atoms with Gasteiger partial charge >= 0.3 is 0 Å². The van der Waals surface area contributed by atoms with Gasteiger partial charge in [0.1, 0.15) is 4.83 Å². The molecule has 8 heteroatoms. The van der Waals surface area contributed by atoms with E-state index < -0.39 is 0 Å². The van der Waals surface area contributed by atoms with Crippen LogP contribution in [0.15, 0.2) is 38.2 Å². The molecule has 0 radical (unpaired) electrons. The van der Waals surface area contributed by atoms with Crippen molar-refractivity contribution in [2.24, 2.45) is 0 Å². The highest BCUT2D eigenvalue weighted by molar-refractivity contribution is 7.99. The summed E-state index contributed by atoms with van der Waals surface area (Å²) in [5.41, 5.74) is 0.963. The van der Waals surface area contributed by atoms with Crippen molar-refractivity contribution in [2.75, 3.05) is 12.8 Å². The van der Waals surface area contributed by atoms with E-state index in [1.165, 1.54) is 23.1 Å². The molecule has 0 unspecified atom stereocenters. The summed E-state index contributed by atoms with van der Waals surface area (Å²) in [7, 11) is 1.78. The smallest absolute Gasteiger partial charge is 0.260 e. The normalized spacial score (nSPS) is 11.0. The van der Waals surface area contributed by atoms with Gasteiger partial charge in [-0.3, -0.25) is 9.59 Å². The summed E-state index contributed by atoms with van der Waals surface area (Å²) in [6, 6.07) is 3.76.